The Hall–Kier alpha value is -3.18. The topological polar surface area (TPSA) is 97.6 Å². The predicted molar refractivity (Wildman–Crippen MR) is 87.5 cm³/mol. The van der Waals surface area contributed by atoms with Crippen molar-refractivity contribution in [1.82, 2.24) is 14.5 Å². The van der Waals surface area contributed by atoms with E-state index in [2.05, 4.69) is 9.97 Å². The molecule has 0 amide bonds. The van der Waals surface area contributed by atoms with Gasteiger partial charge in [0.05, 0.1) is 33.7 Å². The molecule has 0 bridgehead atoms. The Kier molecular flexibility index (Phi) is 4.54. The molecule has 7 nitrogen and oxygen atoms in total. The summed E-state index contributed by atoms with van der Waals surface area (Å²) in [5.41, 5.74) is 1.01. The summed E-state index contributed by atoms with van der Waals surface area (Å²) < 4.78 is 1.87. The Morgan fingerprint density at radius 2 is 2.12 bits per heavy atom. The molecule has 0 saturated carbocycles. The average molecular weight is 337 g/mol. The largest absolute Gasteiger partial charge is 0.320 e. The summed E-state index contributed by atoms with van der Waals surface area (Å²) in [5.74, 6) is 0. The highest BCUT2D eigenvalue weighted by Crippen LogP contribution is 2.34. The van der Waals surface area contributed by atoms with Crippen LogP contribution in [0.5, 0.6) is 0 Å². The summed E-state index contributed by atoms with van der Waals surface area (Å²) in [4.78, 5) is 19.7. The first-order chi connectivity index (χ1) is 11.7. The van der Waals surface area contributed by atoms with Crippen LogP contribution in [0, 0.1) is 21.4 Å². The number of benzene rings is 1. The van der Waals surface area contributed by atoms with Crippen LogP contribution in [0.2, 0.25) is 0 Å². The molecule has 8 heteroatoms. The zero-order valence-corrected chi connectivity index (χ0v) is 13.2. The minimum Gasteiger partial charge on any atom is -0.320 e. The third-order valence-electron chi connectivity index (χ3n) is 3.22. The van der Waals surface area contributed by atoms with Crippen LogP contribution in [0.25, 0.3) is 0 Å². The summed E-state index contributed by atoms with van der Waals surface area (Å²) in [5, 5.41) is 20.8. The third-order valence-corrected chi connectivity index (χ3v) is 4.31. The van der Waals surface area contributed by atoms with Gasteiger partial charge in [-0.05, 0) is 36.0 Å². The third kappa shape index (κ3) is 3.42. The lowest BCUT2D eigenvalue weighted by Gasteiger charge is -2.07. The van der Waals surface area contributed by atoms with E-state index < -0.39 is 4.92 Å². The number of pyridine rings is 1. The molecular weight excluding hydrogens is 326 g/mol. The number of imidazole rings is 1. The van der Waals surface area contributed by atoms with Crippen molar-refractivity contribution < 1.29 is 4.92 Å². The highest BCUT2D eigenvalue weighted by Gasteiger charge is 2.18. The van der Waals surface area contributed by atoms with E-state index in [1.807, 2.05) is 28.8 Å². The second-order valence-electron chi connectivity index (χ2n) is 4.81. The molecule has 0 saturated heterocycles. The molecule has 0 unspecified atom stereocenters. The molecule has 0 aliphatic heterocycles. The fraction of sp³-hybridized carbons (Fsp3) is 0.0625. The van der Waals surface area contributed by atoms with Gasteiger partial charge in [0, 0.05) is 24.7 Å². The van der Waals surface area contributed by atoms with Crippen molar-refractivity contribution in [2.45, 2.75) is 16.6 Å². The molecule has 3 rings (SSSR count). The van der Waals surface area contributed by atoms with Gasteiger partial charge >= 0.3 is 0 Å². The van der Waals surface area contributed by atoms with E-state index >= 15 is 0 Å². The van der Waals surface area contributed by atoms with Gasteiger partial charge in [-0.2, -0.15) is 5.26 Å². The molecule has 118 valence electrons. The molecule has 3 aromatic rings. The molecule has 0 atom stereocenters. The van der Waals surface area contributed by atoms with Crippen LogP contribution in [-0.2, 0) is 6.54 Å². The van der Waals surface area contributed by atoms with Crippen LogP contribution >= 0.6 is 11.8 Å². The zero-order valence-electron chi connectivity index (χ0n) is 12.4. The van der Waals surface area contributed by atoms with Crippen LogP contribution in [-0.4, -0.2) is 19.5 Å². The van der Waals surface area contributed by atoms with Gasteiger partial charge in [0.2, 0.25) is 0 Å². The van der Waals surface area contributed by atoms with Crippen molar-refractivity contribution >= 4 is 17.4 Å². The number of hydrogen-bond donors (Lipinski definition) is 0. The van der Waals surface area contributed by atoms with E-state index in [4.69, 9.17) is 5.26 Å². The Morgan fingerprint density at radius 3 is 2.83 bits per heavy atom. The van der Waals surface area contributed by atoms with Gasteiger partial charge in [-0.15, -0.1) is 0 Å². The minimum absolute atomic E-state index is 0.105. The molecule has 1 aromatic carbocycles. The monoisotopic (exact) mass is 337 g/mol. The second-order valence-corrected chi connectivity index (χ2v) is 5.82. The van der Waals surface area contributed by atoms with E-state index in [1.54, 1.807) is 30.7 Å². The van der Waals surface area contributed by atoms with Crippen LogP contribution in [0.15, 0.2) is 65.0 Å². The van der Waals surface area contributed by atoms with Crippen molar-refractivity contribution in [3.63, 3.8) is 0 Å². The number of nitro groups is 1. The van der Waals surface area contributed by atoms with Crippen molar-refractivity contribution in [2.24, 2.45) is 0 Å². The van der Waals surface area contributed by atoms with E-state index in [9.17, 15) is 10.1 Å². The van der Waals surface area contributed by atoms with Crippen molar-refractivity contribution in [2.75, 3.05) is 0 Å². The van der Waals surface area contributed by atoms with Gasteiger partial charge in [0.1, 0.15) is 0 Å². The Morgan fingerprint density at radius 1 is 1.25 bits per heavy atom. The standard InChI is InChI=1S/C16H11N5O2S/c17-10-12-4-5-15(14(9-12)21(22)23)24-16-19-7-8-20(16)11-13-3-1-2-6-18-13/h1-9H,11H2. The van der Waals surface area contributed by atoms with E-state index in [1.165, 1.54) is 17.8 Å². The van der Waals surface area contributed by atoms with Gasteiger partial charge in [-0.1, -0.05) is 6.07 Å². The first kappa shape index (κ1) is 15.7. The Balaban J connectivity index is 1.89. The smallest absolute Gasteiger partial charge is 0.284 e. The lowest BCUT2D eigenvalue weighted by Crippen LogP contribution is -2.02. The minimum atomic E-state index is -0.491. The number of hydrogen-bond acceptors (Lipinski definition) is 6. The molecule has 24 heavy (non-hydrogen) atoms. The normalized spacial score (nSPS) is 10.3. The van der Waals surface area contributed by atoms with E-state index in [0.29, 0.717) is 16.6 Å². The molecule has 0 N–H and O–H groups in total. The van der Waals surface area contributed by atoms with Crippen molar-refractivity contribution in [3.8, 4) is 6.07 Å². The summed E-state index contributed by atoms with van der Waals surface area (Å²) in [6.45, 7) is 0.521. The van der Waals surface area contributed by atoms with Gasteiger partial charge in [-0.25, -0.2) is 4.98 Å². The number of nitriles is 1. The maximum atomic E-state index is 11.2. The van der Waals surface area contributed by atoms with Gasteiger partial charge < -0.3 is 4.57 Å². The first-order valence-electron chi connectivity index (χ1n) is 6.95. The highest BCUT2D eigenvalue weighted by atomic mass is 32.2. The fourth-order valence-electron chi connectivity index (χ4n) is 2.10. The number of nitrogens with zero attached hydrogens (tertiary/aromatic N) is 5. The molecule has 0 aliphatic rings. The number of nitro benzene ring substituents is 1. The summed E-state index contributed by atoms with van der Waals surface area (Å²) in [6, 6.07) is 12.0. The second kappa shape index (κ2) is 6.93. The lowest BCUT2D eigenvalue weighted by molar-refractivity contribution is -0.387. The maximum absolute atomic E-state index is 11.2. The van der Waals surface area contributed by atoms with Gasteiger partial charge in [-0.3, -0.25) is 15.1 Å². The quantitative estimate of drug-likeness (QED) is 0.523. The SMILES string of the molecule is N#Cc1ccc(Sc2nccn2Cc2ccccn2)c([N+](=O)[O-])c1. The molecule has 2 aromatic heterocycles. The van der Waals surface area contributed by atoms with Crippen LogP contribution in [0.1, 0.15) is 11.3 Å². The van der Waals surface area contributed by atoms with E-state index in [-0.39, 0.29) is 11.3 Å². The molecule has 2 heterocycles. The van der Waals surface area contributed by atoms with Crippen molar-refractivity contribution in [3.05, 3.63) is 76.4 Å². The number of aromatic nitrogens is 3. The van der Waals surface area contributed by atoms with E-state index in [0.717, 1.165) is 5.69 Å². The van der Waals surface area contributed by atoms with Crippen LogP contribution < -0.4 is 0 Å². The molecule has 0 aliphatic carbocycles. The predicted octanol–water partition coefficient (Wildman–Crippen LogP) is 3.26. The maximum Gasteiger partial charge on any atom is 0.284 e. The fourth-order valence-corrected chi connectivity index (χ4v) is 3.03. The highest BCUT2D eigenvalue weighted by molar-refractivity contribution is 7.99. The van der Waals surface area contributed by atoms with Gasteiger partial charge in [0.15, 0.2) is 5.16 Å². The molecule has 0 spiro atoms. The molecular formula is C16H11N5O2S. The Labute approximate surface area is 141 Å². The van der Waals surface area contributed by atoms with Crippen LogP contribution in [0.3, 0.4) is 0 Å². The summed E-state index contributed by atoms with van der Waals surface area (Å²) in [7, 11) is 0. The van der Waals surface area contributed by atoms with Crippen molar-refractivity contribution in [1.29, 1.82) is 5.26 Å². The first-order valence-corrected chi connectivity index (χ1v) is 7.76. The van der Waals surface area contributed by atoms with Crippen LogP contribution in [0.4, 0.5) is 5.69 Å². The average Bonchev–Trinajstić information content (AvgIpc) is 3.03. The molecule has 0 fully saturated rings. The summed E-state index contributed by atoms with van der Waals surface area (Å²) >= 11 is 1.19. The summed E-state index contributed by atoms with van der Waals surface area (Å²) in [6.07, 6.45) is 5.15. The number of rotatable bonds is 5. The zero-order chi connectivity index (χ0) is 16.9. The Bertz CT molecular complexity index is 918. The molecule has 0 radical (unpaired) electrons. The van der Waals surface area contributed by atoms with Gasteiger partial charge in [0.25, 0.3) is 5.69 Å². The lowest BCUT2D eigenvalue weighted by atomic mass is 10.2.